The molecule has 2 aromatic heterocycles. The SMILES string of the molecule is COc1ccc2c(c1)CCN(C1CCN(c3cc(Oc4cc(C)c5nc([C@@H]6CCCO6)[nH]c5c4)ncn3)CC1)C(=O)N2. The molecule has 7 rings (SSSR count). The van der Waals surface area contributed by atoms with Crippen LogP contribution < -0.4 is 19.7 Å². The van der Waals surface area contributed by atoms with E-state index in [9.17, 15) is 4.79 Å². The number of methoxy groups -OCH3 is 1. The minimum absolute atomic E-state index is 0.0314. The molecule has 3 aliphatic heterocycles. The fourth-order valence-corrected chi connectivity index (χ4v) is 6.27. The van der Waals surface area contributed by atoms with E-state index >= 15 is 0 Å². The molecule has 2 N–H and O–H groups in total. The highest BCUT2D eigenvalue weighted by atomic mass is 16.5. The summed E-state index contributed by atoms with van der Waals surface area (Å²) in [6.45, 7) is 5.07. The van der Waals surface area contributed by atoms with Gasteiger partial charge in [-0.2, -0.15) is 0 Å². The standard InChI is InChI=1S/C31H35N7O4/c1-19-14-23(16-25-29(19)36-30(34-25)26-4-3-13-41-26)42-28-17-27(32-18-33-28)37-10-8-21(9-11-37)38-12-7-20-15-22(40-2)5-6-24(20)35-31(38)39/h5-6,14-18,21,26H,3-4,7-13H2,1-2H3,(H,34,36)(H,35,39)/t26-/m0/s1. The van der Waals surface area contributed by atoms with E-state index < -0.39 is 0 Å². The molecule has 1 atom stereocenters. The van der Waals surface area contributed by atoms with Gasteiger partial charge < -0.3 is 34.3 Å². The van der Waals surface area contributed by atoms with Crippen molar-refractivity contribution in [3.8, 4) is 17.4 Å². The summed E-state index contributed by atoms with van der Waals surface area (Å²) < 4.78 is 17.4. The summed E-state index contributed by atoms with van der Waals surface area (Å²) in [6, 6.07) is 11.8. The minimum Gasteiger partial charge on any atom is -0.497 e. The lowest BCUT2D eigenvalue weighted by Gasteiger charge is -2.38. The van der Waals surface area contributed by atoms with Crippen LogP contribution in [-0.4, -0.2) is 70.3 Å². The number of hydrogen-bond acceptors (Lipinski definition) is 8. The zero-order valence-corrected chi connectivity index (χ0v) is 23.9. The van der Waals surface area contributed by atoms with Crippen LogP contribution in [0.5, 0.6) is 17.4 Å². The van der Waals surface area contributed by atoms with Crippen LogP contribution in [0.4, 0.5) is 16.3 Å². The van der Waals surface area contributed by atoms with Crippen molar-refractivity contribution in [3.63, 3.8) is 0 Å². The highest BCUT2D eigenvalue weighted by Gasteiger charge is 2.31. The molecule has 42 heavy (non-hydrogen) atoms. The summed E-state index contributed by atoms with van der Waals surface area (Å²) in [4.78, 5) is 34.4. The molecule has 0 aliphatic carbocycles. The number of carbonyl (C=O) groups is 1. The summed E-state index contributed by atoms with van der Waals surface area (Å²) in [5.74, 6) is 3.67. The molecule has 0 unspecified atom stereocenters. The smallest absolute Gasteiger partial charge is 0.322 e. The number of urea groups is 1. The molecular formula is C31H35N7O4. The van der Waals surface area contributed by atoms with Gasteiger partial charge in [-0.15, -0.1) is 0 Å². The van der Waals surface area contributed by atoms with Crippen molar-refractivity contribution < 1.29 is 19.0 Å². The zero-order chi connectivity index (χ0) is 28.6. The molecule has 11 heteroatoms. The number of nitrogens with one attached hydrogen (secondary N) is 2. The Morgan fingerprint density at radius 2 is 1.90 bits per heavy atom. The summed E-state index contributed by atoms with van der Waals surface area (Å²) in [7, 11) is 1.66. The molecule has 0 radical (unpaired) electrons. The lowest BCUT2D eigenvalue weighted by atomic mass is 10.0. The molecule has 0 saturated carbocycles. The number of benzene rings is 2. The topological polar surface area (TPSA) is 118 Å². The molecule has 218 valence electrons. The van der Waals surface area contributed by atoms with E-state index in [-0.39, 0.29) is 18.2 Å². The number of aryl methyl sites for hydroxylation is 1. The van der Waals surface area contributed by atoms with E-state index in [0.29, 0.717) is 18.2 Å². The largest absolute Gasteiger partial charge is 0.497 e. The number of carbonyl (C=O) groups excluding carboxylic acids is 1. The van der Waals surface area contributed by atoms with Crippen molar-refractivity contribution in [3.05, 3.63) is 59.7 Å². The maximum atomic E-state index is 13.1. The van der Waals surface area contributed by atoms with Gasteiger partial charge in [0.15, 0.2) is 0 Å². The Bertz CT molecular complexity index is 1610. The number of hydrogen-bond donors (Lipinski definition) is 2. The monoisotopic (exact) mass is 569 g/mol. The summed E-state index contributed by atoms with van der Waals surface area (Å²) in [6.07, 6.45) is 6.12. The number of anilines is 2. The number of H-pyrrole nitrogens is 1. The van der Waals surface area contributed by atoms with Crippen LogP contribution in [0.2, 0.25) is 0 Å². The van der Waals surface area contributed by atoms with Gasteiger partial charge in [0.1, 0.15) is 35.6 Å². The van der Waals surface area contributed by atoms with Crippen molar-refractivity contribution in [2.75, 3.05) is 43.6 Å². The Morgan fingerprint density at radius 3 is 2.71 bits per heavy atom. The molecule has 2 aromatic carbocycles. The second-order valence-electron chi connectivity index (χ2n) is 11.2. The maximum absolute atomic E-state index is 13.1. The zero-order valence-electron chi connectivity index (χ0n) is 23.9. The van der Waals surface area contributed by atoms with E-state index in [0.717, 1.165) is 97.0 Å². The first-order chi connectivity index (χ1) is 20.5. The van der Waals surface area contributed by atoms with Crippen molar-refractivity contribution in [2.24, 2.45) is 0 Å². The number of rotatable bonds is 6. The Morgan fingerprint density at radius 1 is 1.02 bits per heavy atom. The van der Waals surface area contributed by atoms with Gasteiger partial charge in [0.05, 0.1) is 18.1 Å². The summed E-state index contributed by atoms with van der Waals surface area (Å²) in [5.41, 5.74) is 4.84. The van der Waals surface area contributed by atoms with Gasteiger partial charge in [-0.25, -0.2) is 19.7 Å². The number of ether oxygens (including phenoxy) is 3. The molecule has 3 aliphatic rings. The third-order valence-electron chi connectivity index (χ3n) is 8.52. The van der Waals surface area contributed by atoms with Crippen LogP contribution in [0.1, 0.15) is 48.7 Å². The van der Waals surface area contributed by atoms with Gasteiger partial charge in [0.25, 0.3) is 0 Å². The number of aromatic amines is 1. The predicted molar refractivity (Wildman–Crippen MR) is 159 cm³/mol. The molecular weight excluding hydrogens is 534 g/mol. The average Bonchev–Trinajstić information content (AvgIpc) is 3.66. The lowest BCUT2D eigenvalue weighted by Crippen LogP contribution is -2.49. The van der Waals surface area contributed by atoms with Gasteiger partial charge in [-0.1, -0.05) is 0 Å². The fourth-order valence-electron chi connectivity index (χ4n) is 6.27. The first-order valence-corrected chi connectivity index (χ1v) is 14.7. The molecule has 2 fully saturated rings. The van der Waals surface area contributed by atoms with Crippen molar-refractivity contribution in [1.29, 1.82) is 0 Å². The number of imidazole rings is 1. The highest BCUT2D eigenvalue weighted by Crippen LogP contribution is 2.33. The Balaban J connectivity index is 1.00. The van der Waals surface area contributed by atoms with Crippen LogP contribution in [0.3, 0.4) is 0 Å². The number of aromatic nitrogens is 4. The molecule has 2 saturated heterocycles. The first kappa shape index (κ1) is 26.5. The number of amides is 2. The van der Waals surface area contributed by atoms with Gasteiger partial charge in [0.2, 0.25) is 5.88 Å². The van der Waals surface area contributed by atoms with Crippen LogP contribution in [0, 0.1) is 6.92 Å². The molecule has 5 heterocycles. The predicted octanol–water partition coefficient (Wildman–Crippen LogP) is 5.37. The van der Waals surface area contributed by atoms with Crippen LogP contribution in [-0.2, 0) is 11.2 Å². The fraction of sp³-hybridized carbons (Fsp3) is 0.419. The van der Waals surface area contributed by atoms with E-state index in [1.807, 2.05) is 48.2 Å². The normalized spacial score (nSPS) is 19.5. The van der Waals surface area contributed by atoms with Gasteiger partial charge in [-0.3, -0.25) is 0 Å². The van der Waals surface area contributed by atoms with E-state index in [1.165, 1.54) is 0 Å². The average molecular weight is 570 g/mol. The molecule has 2 amide bonds. The van der Waals surface area contributed by atoms with Gasteiger partial charge in [-0.05, 0) is 74.4 Å². The molecule has 4 aromatic rings. The number of nitrogens with zero attached hydrogens (tertiary/aromatic N) is 5. The third-order valence-corrected chi connectivity index (χ3v) is 8.52. The minimum atomic E-state index is -0.0393. The van der Waals surface area contributed by atoms with Crippen molar-refractivity contribution >= 4 is 28.6 Å². The first-order valence-electron chi connectivity index (χ1n) is 14.7. The van der Waals surface area contributed by atoms with Crippen LogP contribution >= 0.6 is 0 Å². The highest BCUT2D eigenvalue weighted by molar-refractivity contribution is 5.91. The van der Waals surface area contributed by atoms with Crippen LogP contribution in [0.15, 0.2) is 42.7 Å². The van der Waals surface area contributed by atoms with Crippen LogP contribution in [0.25, 0.3) is 11.0 Å². The van der Waals surface area contributed by atoms with Crippen molar-refractivity contribution in [1.82, 2.24) is 24.8 Å². The number of fused-ring (bicyclic) bond motifs is 2. The lowest BCUT2D eigenvalue weighted by molar-refractivity contribution is 0.106. The Kier molecular flexibility index (Phi) is 7.02. The molecule has 0 bridgehead atoms. The van der Waals surface area contributed by atoms with Gasteiger partial charge in [0, 0.05) is 50.1 Å². The second kappa shape index (κ2) is 11.1. The van der Waals surface area contributed by atoms with E-state index in [2.05, 4.69) is 25.2 Å². The van der Waals surface area contributed by atoms with E-state index in [1.54, 1.807) is 13.4 Å². The number of piperidine rings is 1. The molecule has 11 nitrogen and oxygen atoms in total. The summed E-state index contributed by atoms with van der Waals surface area (Å²) in [5, 5.41) is 3.09. The maximum Gasteiger partial charge on any atom is 0.322 e. The summed E-state index contributed by atoms with van der Waals surface area (Å²) >= 11 is 0. The molecule has 0 spiro atoms. The van der Waals surface area contributed by atoms with E-state index in [4.69, 9.17) is 19.2 Å². The Hall–Kier alpha value is -4.38. The Labute approximate surface area is 244 Å². The van der Waals surface area contributed by atoms with Crippen molar-refractivity contribution in [2.45, 2.75) is 51.2 Å². The van der Waals surface area contributed by atoms with Gasteiger partial charge >= 0.3 is 6.03 Å². The third kappa shape index (κ3) is 5.20. The second-order valence-corrected chi connectivity index (χ2v) is 11.2. The quantitative estimate of drug-likeness (QED) is 0.318.